The van der Waals surface area contributed by atoms with E-state index < -0.39 is 0 Å². The number of carbonyl (C=O) groups is 1. The van der Waals surface area contributed by atoms with Gasteiger partial charge in [0, 0.05) is 30.9 Å². The fourth-order valence-electron chi connectivity index (χ4n) is 2.36. The highest BCUT2D eigenvalue weighted by Gasteiger charge is 2.04. The third-order valence-electron chi connectivity index (χ3n) is 3.62. The Morgan fingerprint density at radius 1 is 1.04 bits per heavy atom. The van der Waals surface area contributed by atoms with Gasteiger partial charge in [-0.3, -0.25) is 9.78 Å². The van der Waals surface area contributed by atoms with Gasteiger partial charge in [0.1, 0.15) is 0 Å². The van der Waals surface area contributed by atoms with Gasteiger partial charge in [0.05, 0.1) is 0 Å². The number of benzene rings is 1. The summed E-state index contributed by atoms with van der Waals surface area (Å²) in [7, 11) is 0. The Balaban J connectivity index is 1.52. The number of hydrogen-bond donors (Lipinski definition) is 1. The van der Waals surface area contributed by atoms with Crippen molar-refractivity contribution in [1.29, 1.82) is 0 Å². The summed E-state index contributed by atoms with van der Waals surface area (Å²) in [5.41, 5.74) is 4.45. The second-order valence-corrected chi connectivity index (χ2v) is 6.14. The molecule has 0 saturated heterocycles. The molecule has 0 fully saturated rings. The molecule has 0 radical (unpaired) electrons. The lowest BCUT2D eigenvalue weighted by Crippen LogP contribution is -2.23. The molecule has 0 aliphatic carbocycles. The van der Waals surface area contributed by atoms with Crippen molar-refractivity contribution in [1.82, 2.24) is 10.3 Å². The first-order valence-electron chi connectivity index (χ1n) is 7.58. The first-order valence-corrected chi connectivity index (χ1v) is 8.53. The normalized spacial score (nSPS) is 10.4. The molecule has 0 spiro atoms. The molecule has 1 amide bonds. The maximum absolute atomic E-state index is 12.0. The molecular formula is C19H18N2OS. The number of rotatable bonds is 6. The molecule has 116 valence electrons. The number of amides is 1. The van der Waals surface area contributed by atoms with Crippen molar-refractivity contribution in [2.75, 3.05) is 0 Å². The molecule has 3 aromatic rings. The van der Waals surface area contributed by atoms with Crippen molar-refractivity contribution in [3.05, 3.63) is 76.7 Å². The van der Waals surface area contributed by atoms with E-state index in [1.54, 1.807) is 17.5 Å². The topological polar surface area (TPSA) is 42.0 Å². The maximum Gasteiger partial charge on any atom is 0.220 e. The van der Waals surface area contributed by atoms with E-state index >= 15 is 0 Å². The molecule has 4 heteroatoms. The van der Waals surface area contributed by atoms with Crippen molar-refractivity contribution in [2.45, 2.75) is 19.4 Å². The van der Waals surface area contributed by atoms with Gasteiger partial charge in [-0.15, -0.1) is 0 Å². The Morgan fingerprint density at radius 2 is 1.91 bits per heavy atom. The predicted octanol–water partition coefficient (Wildman–Crippen LogP) is 4.06. The molecule has 0 aliphatic rings. The van der Waals surface area contributed by atoms with E-state index in [1.807, 2.05) is 41.9 Å². The summed E-state index contributed by atoms with van der Waals surface area (Å²) in [5.74, 6) is 0.0646. The molecule has 23 heavy (non-hydrogen) atoms. The van der Waals surface area contributed by atoms with Crippen molar-refractivity contribution < 1.29 is 4.79 Å². The fraction of sp³-hybridized carbons (Fsp3) is 0.158. The SMILES string of the molecule is O=C(CCc1ccccc1)NCc1cncc(-c2ccsc2)c1. The molecule has 0 unspecified atom stereocenters. The third-order valence-corrected chi connectivity index (χ3v) is 4.31. The molecule has 0 bridgehead atoms. The van der Waals surface area contributed by atoms with Crippen LogP contribution in [0.15, 0.2) is 65.6 Å². The van der Waals surface area contributed by atoms with Gasteiger partial charge in [0.15, 0.2) is 0 Å². The Bertz CT molecular complexity index is 754. The van der Waals surface area contributed by atoms with E-state index in [0.717, 1.165) is 17.5 Å². The number of nitrogens with zero attached hydrogens (tertiary/aromatic N) is 1. The van der Waals surface area contributed by atoms with Gasteiger partial charge in [0.2, 0.25) is 5.91 Å². The molecule has 1 N–H and O–H groups in total. The lowest BCUT2D eigenvalue weighted by molar-refractivity contribution is -0.121. The zero-order valence-corrected chi connectivity index (χ0v) is 13.6. The van der Waals surface area contributed by atoms with Crippen molar-refractivity contribution in [2.24, 2.45) is 0 Å². The van der Waals surface area contributed by atoms with E-state index in [2.05, 4.69) is 27.8 Å². The molecule has 3 nitrogen and oxygen atoms in total. The largest absolute Gasteiger partial charge is 0.352 e. The smallest absolute Gasteiger partial charge is 0.220 e. The van der Waals surface area contributed by atoms with Gasteiger partial charge in [-0.05, 0) is 46.0 Å². The fourth-order valence-corrected chi connectivity index (χ4v) is 3.03. The summed E-state index contributed by atoms with van der Waals surface area (Å²) >= 11 is 1.67. The first-order chi connectivity index (χ1) is 11.3. The highest BCUT2D eigenvalue weighted by molar-refractivity contribution is 7.08. The van der Waals surface area contributed by atoms with Gasteiger partial charge < -0.3 is 5.32 Å². The highest BCUT2D eigenvalue weighted by Crippen LogP contribution is 2.21. The van der Waals surface area contributed by atoms with Gasteiger partial charge in [0.25, 0.3) is 0 Å². The molecule has 0 aliphatic heterocycles. The summed E-state index contributed by atoms with van der Waals surface area (Å²) in [6, 6.07) is 14.2. The van der Waals surface area contributed by atoms with Gasteiger partial charge >= 0.3 is 0 Å². The Morgan fingerprint density at radius 3 is 2.70 bits per heavy atom. The van der Waals surface area contributed by atoms with Crippen LogP contribution in [0.2, 0.25) is 0 Å². The molecule has 0 atom stereocenters. The van der Waals surface area contributed by atoms with E-state index in [9.17, 15) is 4.79 Å². The summed E-state index contributed by atoms with van der Waals surface area (Å²) in [4.78, 5) is 16.2. The molecule has 2 aromatic heterocycles. The average molecular weight is 322 g/mol. The molecule has 3 rings (SSSR count). The molecule has 1 aromatic carbocycles. The second kappa shape index (κ2) is 7.70. The van der Waals surface area contributed by atoms with Crippen LogP contribution >= 0.6 is 11.3 Å². The van der Waals surface area contributed by atoms with Crippen LogP contribution in [0.4, 0.5) is 0 Å². The summed E-state index contributed by atoms with van der Waals surface area (Å²) in [5, 5.41) is 7.11. The van der Waals surface area contributed by atoms with Crippen LogP contribution in [0.3, 0.4) is 0 Å². The average Bonchev–Trinajstić information content (AvgIpc) is 3.14. The molecular weight excluding hydrogens is 304 g/mol. The van der Waals surface area contributed by atoms with Crippen LogP contribution in [0.5, 0.6) is 0 Å². The van der Waals surface area contributed by atoms with E-state index in [4.69, 9.17) is 0 Å². The van der Waals surface area contributed by atoms with Crippen molar-refractivity contribution >= 4 is 17.2 Å². The molecule has 0 saturated carbocycles. The Labute approximate surface area is 140 Å². The van der Waals surface area contributed by atoms with Gasteiger partial charge in [-0.1, -0.05) is 30.3 Å². The van der Waals surface area contributed by atoms with E-state index in [0.29, 0.717) is 13.0 Å². The quantitative estimate of drug-likeness (QED) is 0.743. The maximum atomic E-state index is 12.0. The number of aromatic nitrogens is 1. The number of carbonyl (C=O) groups excluding carboxylic acids is 1. The Kier molecular flexibility index (Phi) is 5.17. The lowest BCUT2D eigenvalue weighted by Gasteiger charge is -2.07. The van der Waals surface area contributed by atoms with Crippen LogP contribution in [0, 0.1) is 0 Å². The Hall–Kier alpha value is -2.46. The minimum absolute atomic E-state index is 0.0646. The van der Waals surface area contributed by atoms with Crippen molar-refractivity contribution in [3.8, 4) is 11.1 Å². The number of thiophene rings is 1. The summed E-state index contributed by atoms with van der Waals surface area (Å²) in [6.07, 6.45) is 4.91. The van der Waals surface area contributed by atoms with Crippen LogP contribution in [-0.2, 0) is 17.8 Å². The lowest BCUT2D eigenvalue weighted by atomic mass is 10.1. The van der Waals surface area contributed by atoms with Crippen LogP contribution in [-0.4, -0.2) is 10.9 Å². The number of hydrogen-bond acceptors (Lipinski definition) is 3. The minimum atomic E-state index is 0.0646. The van der Waals surface area contributed by atoms with Gasteiger partial charge in [-0.25, -0.2) is 0 Å². The first kappa shape index (κ1) is 15.4. The van der Waals surface area contributed by atoms with Crippen LogP contribution in [0.25, 0.3) is 11.1 Å². The summed E-state index contributed by atoms with van der Waals surface area (Å²) < 4.78 is 0. The van der Waals surface area contributed by atoms with Crippen molar-refractivity contribution in [3.63, 3.8) is 0 Å². The number of nitrogens with one attached hydrogen (secondary N) is 1. The number of pyridine rings is 1. The molecule has 2 heterocycles. The zero-order valence-electron chi connectivity index (χ0n) is 12.7. The van der Waals surface area contributed by atoms with E-state index in [1.165, 1.54) is 11.1 Å². The van der Waals surface area contributed by atoms with Crippen LogP contribution < -0.4 is 5.32 Å². The minimum Gasteiger partial charge on any atom is -0.352 e. The van der Waals surface area contributed by atoms with E-state index in [-0.39, 0.29) is 5.91 Å². The zero-order chi connectivity index (χ0) is 15.9. The third kappa shape index (κ3) is 4.50. The predicted molar refractivity (Wildman–Crippen MR) is 94.2 cm³/mol. The standard InChI is InChI=1S/C19H18N2OS/c22-19(7-6-15-4-2-1-3-5-15)21-12-16-10-18(13-20-11-16)17-8-9-23-14-17/h1-5,8-11,13-14H,6-7,12H2,(H,21,22). The monoisotopic (exact) mass is 322 g/mol. The number of aryl methyl sites for hydroxylation is 1. The summed E-state index contributed by atoms with van der Waals surface area (Å²) in [6.45, 7) is 0.513. The second-order valence-electron chi connectivity index (χ2n) is 5.36. The van der Waals surface area contributed by atoms with Gasteiger partial charge in [-0.2, -0.15) is 11.3 Å². The highest BCUT2D eigenvalue weighted by atomic mass is 32.1. The van der Waals surface area contributed by atoms with Crippen LogP contribution in [0.1, 0.15) is 17.5 Å².